The van der Waals surface area contributed by atoms with Crippen LogP contribution in [0.2, 0.25) is 0 Å². The maximum absolute atomic E-state index is 13.3. The summed E-state index contributed by atoms with van der Waals surface area (Å²) in [4.78, 5) is 18.7. The van der Waals surface area contributed by atoms with E-state index in [4.69, 9.17) is 0 Å². The standard InChI is InChI=1S/C18H22F2N6O/c1-6-25-12(4)14(11(3)23-25)9-24(5)18(27)13-8-21-26-15(16(19)20)7-10(2)22-17(13)26/h7-8,16H,6,9H2,1-5H3. The summed E-state index contributed by atoms with van der Waals surface area (Å²) < 4.78 is 29.4. The topological polar surface area (TPSA) is 68.3 Å². The largest absolute Gasteiger partial charge is 0.337 e. The van der Waals surface area contributed by atoms with Gasteiger partial charge in [0.15, 0.2) is 5.65 Å². The van der Waals surface area contributed by atoms with Gasteiger partial charge in [0.25, 0.3) is 12.3 Å². The van der Waals surface area contributed by atoms with E-state index < -0.39 is 6.43 Å². The Morgan fingerprint density at radius 3 is 2.59 bits per heavy atom. The third-order valence-electron chi connectivity index (χ3n) is 4.65. The van der Waals surface area contributed by atoms with Crippen LogP contribution in [-0.4, -0.2) is 42.2 Å². The highest BCUT2D eigenvalue weighted by Crippen LogP contribution is 2.23. The lowest BCUT2D eigenvalue weighted by Crippen LogP contribution is -2.27. The first-order chi connectivity index (χ1) is 12.7. The van der Waals surface area contributed by atoms with Crippen molar-refractivity contribution in [1.29, 1.82) is 0 Å². The van der Waals surface area contributed by atoms with E-state index in [0.717, 1.165) is 28.0 Å². The molecule has 7 nitrogen and oxygen atoms in total. The fourth-order valence-corrected chi connectivity index (χ4v) is 3.20. The number of amides is 1. The molecule has 144 valence electrons. The Labute approximate surface area is 155 Å². The average molecular weight is 376 g/mol. The third-order valence-corrected chi connectivity index (χ3v) is 4.65. The summed E-state index contributed by atoms with van der Waals surface area (Å²) in [7, 11) is 1.66. The van der Waals surface area contributed by atoms with Gasteiger partial charge in [-0.2, -0.15) is 10.2 Å². The molecule has 0 aliphatic rings. The minimum atomic E-state index is -2.71. The van der Waals surface area contributed by atoms with Gasteiger partial charge in [-0.15, -0.1) is 0 Å². The lowest BCUT2D eigenvalue weighted by atomic mass is 10.1. The van der Waals surface area contributed by atoms with E-state index in [1.165, 1.54) is 17.2 Å². The van der Waals surface area contributed by atoms with Gasteiger partial charge in [-0.25, -0.2) is 18.3 Å². The lowest BCUT2D eigenvalue weighted by molar-refractivity contribution is 0.0786. The summed E-state index contributed by atoms with van der Waals surface area (Å²) in [5, 5.41) is 8.42. The molecular formula is C18H22F2N6O. The van der Waals surface area contributed by atoms with E-state index in [2.05, 4.69) is 15.2 Å². The number of hydrogen-bond donors (Lipinski definition) is 0. The van der Waals surface area contributed by atoms with Crippen molar-refractivity contribution < 1.29 is 13.6 Å². The molecule has 1 amide bonds. The van der Waals surface area contributed by atoms with Crippen LogP contribution in [-0.2, 0) is 13.1 Å². The van der Waals surface area contributed by atoms with Gasteiger partial charge in [-0.1, -0.05) is 0 Å². The molecule has 27 heavy (non-hydrogen) atoms. The van der Waals surface area contributed by atoms with E-state index in [0.29, 0.717) is 12.2 Å². The Hall–Kier alpha value is -2.84. The third kappa shape index (κ3) is 3.29. The first kappa shape index (κ1) is 18.9. The van der Waals surface area contributed by atoms with Gasteiger partial charge in [0.05, 0.1) is 11.9 Å². The summed E-state index contributed by atoms with van der Waals surface area (Å²) in [5.74, 6) is -0.327. The molecule has 0 aliphatic heterocycles. The quantitative estimate of drug-likeness (QED) is 0.686. The van der Waals surface area contributed by atoms with Crippen LogP contribution in [0.5, 0.6) is 0 Å². The summed E-state index contributed by atoms with van der Waals surface area (Å²) in [5.41, 5.74) is 3.30. The van der Waals surface area contributed by atoms with Crippen LogP contribution in [0.4, 0.5) is 8.78 Å². The summed E-state index contributed by atoms with van der Waals surface area (Å²) in [6.07, 6.45) is -1.42. The monoisotopic (exact) mass is 376 g/mol. The first-order valence-electron chi connectivity index (χ1n) is 8.66. The molecule has 0 radical (unpaired) electrons. The number of hydrogen-bond acceptors (Lipinski definition) is 4. The van der Waals surface area contributed by atoms with E-state index in [1.807, 2.05) is 25.5 Å². The molecule has 0 atom stereocenters. The molecule has 0 unspecified atom stereocenters. The Morgan fingerprint density at radius 2 is 2.00 bits per heavy atom. The molecule has 0 spiro atoms. The molecule has 0 saturated carbocycles. The SMILES string of the molecule is CCn1nc(C)c(CN(C)C(=O)c2cnn3c(C(F)F)cc(C)nc23)c1C. The zero-order chi connectivity index (χ0) is 19.9. The molecular weight excluding hydrogens is 354 g/mol. The maximum atomic E-state index is 13.3. The number of alkyl halides is 2. The van der Waals surface area contributed by atoms with Crippen molar-refractivity contribution in [2.24, 2.45) is 0 Å². The minimum absolute atomic E-state index is 0.139. The average Bonchev–Trinajstić information content (AvgIpc) is 3.15. The molecule has 3 aromatic heterocycles. The van der Waals surface area contributed by atoms with Gasteiger partial charge in [-0.3, -0.25) is 9.48 Å². The molecule has 0 bridgehead atoms. The predicted octanol–water partition coefficient (Wildman–Crippen LogP) is 3.08. The fourth-order valence-electron chi connectivity index (χ4n) is 3.20. The van der Waals surface area contributed by atoms with Crippen molar-refractivity contribution in [2.45, 2.75) is 47.2 Å². The molecule has 3 heterocycles. The number of halogens is 2. The van der Waals surface area contributed by atoms with Gasteiger partial charge in [0.2, 0.25) is 0 Å². The van der Waals surface area contributed by atoms with Crippen LogP contribution in [0.15, 0.2) is 12.3 Å². The molecule has 0 aliphatic carbocycles. The van der Waals surface area contributed by atoms with Gasteiger partial charge in [0.1, 0.15) is 11.3 Å². The van der Waals surface area contributed by atoms with Crippen LogP contribution in [0.1, 0.15) is 52.0 Å². The van der Waals surface area contributed by atoms with Gasteiger partial charge in [-0.05, 0) is 33.8 Å². The molecule has 9 heteroatoms. The fraction of sp³-hybridized carbons (Fsp3) is 0.444. The molecule has 0 aromatic carbocycles. The van der Waals surface area contributed by atoms with E-state index in [9.17, 15) is 13.6 Å². The van der Waals surface area contributed by atoms with Crippen LogP contribution in [0.25, 0.3) is 5.65 Å². The first-order valence-corrected chi connectivity index (χ1v) is 8.66. The number of carbonyl (C=O) groups excluding carboxylic acids is 1. The molecule has 0 fully saturated rings. The second-order valence-electron chi connectivity index (χ2n) is 6.54. The van der Waals surface area contributed by atoms with E-state index in [-0.39, 0.29) is 22.8 Å². The predicted molar refractivity (Wildman–Crippen MR) is 95.9 cm³/mol. The lowest BCUT2D eigenvalue weighted by Gasteiger charge is -2.17. The van der Waals surface area contributed by atoms with Gasteiger partial charge in [0, 0.05) is 37.1 Å². The van der Waals surface area contributed by atoms with Gasteiger partial charge >= 0.3 is 0 Å². The van der Waals surface area contributed by atoms with Crippen LogP contribution in [0, 0.1) is 20.8 Å². The highest BCUT2D eigenvalue weighted by molar-refractivity contribution is 5.99. The smallest absolute Gasteiger partial charge is 0.280 e. The highest BCUT2D eigenvalue weighted by atomic mass is 19.3. The second kappa shape index (κ2) is 7.05. The Bertz CT molecular complexity index is 1010. The van der Waals surface area contributed by atoms with Crippen LogP contribution < -0.4 is 0 Å². The number of carbonyl (C=O) groups is 1. The summed E-state index contributed by atoms with van der Waals surface area (Å²) in [6.45, 7) is 8.60. The van der Waals surface area contributed by atoms with E-state index in [1.54, 1.807) is 14.0 Å². The summed E-state index contributed by atoms with van der Waals surface area (Å²) >= 11 is 0. The zero-order valence-corrected chi connectivity index (χ0v) is 16.0. The van der Waals surface area contributed by atoms with E-state index >= 15 is 0 Å². The number of nitrogens with zero attached hydrogens (tertiary/aromatic N) is 6. The Kier molecular flexibility index (Phi) is 4.95. The maximum Gasteiger partial charge on any atom is 0.280 e. The summed E-state index contributed by atoms with van der Waals surface area (Å²) in [6, 6.07) is 1.27. The molecule has 0 saturated heterocycles. The molecule has 3 rings (SSSR count). The zero-order valence-electron chi connectivity index (χ0n) is 16.0. The van der Waals surface area contributed by atoms with Crippen molar-refractivity contribution in [3.8, 4) is 0 Å². The van der Waals surface area contributed by atoms with Crippen molar-refractivity contribution >= 4 is 11.6 Å². The van der Waals surface area contributed by atoms with Crippen molar-refractivity contribution in [2.75, 3.05) is 7.05 Å². The molecule has 0 N–H and O–H groups in total. The van der Waals surface area contributed by atoms with Crippen LogP contribution >= 0.6 is 0 Å². The number of aryl methyl sites for hydroxylation is 3. The second-order valence-corrected chi connectivity index (χ2v) is 6.54. The van der Waals surface area contributed by atoms with Gasteiger partial charge < -0.3 is 4.90 Å². The van der Waals surface area contributed by atoms with Crippen molar-refractivity contribution in [3.05, 3.63) is 46.2 Å². The van der Waals surface area contributed by atoms with Crippen LogP contribution in [0.3, 0.4) is 0 Å². The minimum Gasteiger partial charge on any atom is -0.337 e. The highest BCUT2D eigenvalue weighted by Gasteiger charge is 2.23. The Morgan fingerprint density at radius 1 is 1.30 bits per heavy atom. The number of fused-ring (bicyclic) bond motifs is 1. The van der Waals surface area contributed by atoms with Crippen molar-refractivity contribution in [3.63, 3.8) is 0 Å². The van der Waals surface area contributed by atoms with Crippen molar-refractivity contribution in [1.82, 2.24) is 29.3 Å². The Balaban J connectivity index is 1.95. The molecule has 3 aromatic rings. The normalized spacial score (nSPS) is 11.6. The number of aromatic nitrogens is 5. The number of rotatable bonds is 5.